The van der Waals surface area contributed by atoms with Crippen LogP contribution in [-0.2, 0) is 0 Å². The van der Waals surface area contributed by atoms with Gasteiger partial charge in [0, 0.05) is 4.47 Å². The van der Waals surface area contributed by atoms with Gasteiger partial charge in [-0.3, -0.25) is 4.79 Å². The first-order valence-corrected chi connectivity index (χ1v) is 6.81. The molecule has 0 atom stereocenters. The minimum Gasteiger partial charge on any atom is -0.493 e. The van der Waals surface area contributed by atoms with E-state index in [1.807, 2.05) is 12.1 Å². The molecule has 0 aliphatic heterocycles. The molecule has 0 saturated heterocycles. The average molecular weight is 299 g/mol. The first-order chi connectivity index (χ1) is 8.08. The number of halogens is 1. The van der Waals surface area contributed by atoms with Crippen LogP contribution in [0.25, 0.3) is 0 Å². The van der Waals surface area contributed by atoms with Crippen molar-refractivity contribution in [1.29, 1.82) is 0 Å². The van der Waals surface area contributed by atoms with Crippen LogP contribution < -0.4 is 4.74 Å². The van der Waals surface area contributed by atoms with Gasteiger partial charge in [-0.25, -0.2) is 0 Å². The number of carbonyl (C=O) groups excluding carboxylic acids is 1. The largest absolute Gasteiger partial charge is 0.493 e. The van der Waals surface area contributed by atoms with Crippen molar-refractivity contribution in [2.45, 2.75) is 33.6 Å². The molecule has 0 aromatic heterocycles. The minimum atomic E-state index is 0.0389. The molecule has 17 heavy (non-hydrogen) atoms. The summed E-state index contributed by atoms with van der Waals surface area (Å²) in [6.45, 7) is 6.55. The Balaban J connectivity index is 2.81. The minimum absolute atomic E-state index is 0.0389. The normalized spacial score (nSPS) is 10.6. The van der Waals surface area contributed by atoms with Gasteiger partial charge >= 0.3 is 0 Å². The van der Waals surface area contributed by atoms with Crippen LogP contribution in [0.5, 0.6) is 5.75 Å². The molecule has 1 rings (SSSR count). The van der Waals surface area contributed by atoms with Gasteiger partial charge < -0.3 is 4.74 Å². The molecule has 0 radical (unpaired) electrons. The maximum absolute atomic E-state index is 11.5. The third kappa shape index (κ3) is 4.15. The van der Waals surface area contributed by atoms with Gasteiger partial charge in [0.2, 0.25) is 0 Å². The Labute approximate surface area is 111 Å². The second kappa shape index (κ2) is 6.80. The highest BCUT2D eigenvalue weighted by Gasteiger charge is 2.11. The monoisotopic (exact) mass is 298 g/mol. The molecule has 0 aliphatic carbocycles. The van der Waals surface area contributed by atoms with Crippen molar-refractivity contribution >= 4 is 21.7 Å². The van der Waals surface area contributed by atoms with Crippen LogP contribution in [0, 0.1) is 5.92 Å². The molecule has 0 fully saturated rings. The Bertz CT molecular complexity index is 384. The van der Waals surface area contributed by atoms with Crippen molar-refractivity contribution in [1.82, 2.24) is 0 Å². The first-order valence-electron chi connectivity index (χ1n) is 6.01. The number of rotatable bonds is 6. The van der Waals surface area contributed by atoms with Crippen LogP contribution in [0.1, 0.15) is 44.0 Å². The lowest BCUT2D eigenvalue weighted by atomic mass is 10.1. The number of hydrogen-bond acceptors (Lipinski definition) is 2. The van der Waals surface area contributed by atoms with E-state index in [0.717, 1.165) is 17.3 Å². The predicted octanol–water partition coefficient (Wildman–Crippen LogP) is 4.47. The lowest BCUT2D eigenvalue weighted by Gasteiger charge is -2.15. The highest BCUT2D eigenvalue weighted by molar-refractivity contribution is 9.10. The molecule has 0 heterocycles. The number of hydrogen-bond donors (Lipinski definition) is 0. The van der Waals surface area contributed by atoms with Gasteiger partial charge in [0.25, 0.3) is 0 Å². The van der Waals surface area contributed by atoms with Crippen molar-refractivity contribution in [2.75, 3.05) is 6.61 Å². The van der Waals surface area contributed by atoms with Gasteiger partial charge in [0.05, 0.1) is 12.2 Å². The van der Waals surface area contributed by atoms with Crippen molar-refractivity contribution in [3.05, 3.63) is 28.2 Å². The second-order valence-corrected chi connectivity index (χ2v) is 5.11. The van der Waals surface area contributed by atoms with E-state index in [1.54, 1.807) is 13.0 Å². The Morgan fingerprint density at radius 2 is 2.00 bits per heavy atom. The fourth-order valence-electron chi connectivity index (χ4n) is 1.64. The maximum Gasteiger partial charge on any atom is 0.163 e. The van der Waals surface area contributed by atoms with Crippen LogP contribution in [0.3, 0.4) is 0 Å². The molecule has 0 aliphatic rings. The summed E-state index contributed by atoms with van der Waals surface area (Å²) < 4.78 is 6.70. The highest BCUT2D eigenvalue weighted by atomic mass is 79.9. The summed E-state index contributed by atoms with van der Waals surface area (Å²) >= 11 is 3.40. The van der Waals surface area contributed by atoms with Gasteiger partial charge in [-0.15, -0.1) is 0 Å². The van der Waals surface area contributed by atoms with E-state index < -0.39 is 0 Å². The molecule has 1 aromatic carbocycles. The highest BCUT2D eigenvalue weighted by Crippen LogP contribution is 2.25. The molecule has 2 nitrogen and oxygen atoms in total. The van der Waals surface area contributed by atoms with E-state index in [2.05, 4.69) is 29.8 Å². The Kier molecular flexibility index (Phi) is 5.69. The van der Waals surface area contributed by atoms with Crippen LogP contribution >= 0.6 is 15.9 Å². The van der Waals surface area contributed by atoms with Gasteiger partial charge in [0.1, 0.15) is 5.75 Å². The van der Waals surface area contributed by atoms with Gasteiger partial charge in [-0.2, -0.15) is 0 Å². The van der Waals surface area contributed by atoms with Crippen molar-refractivity contribution < 1.29 is 9.53 Å². The standard InChI is InChI=1S/C14H19BrO2/c1-4-11(5-2)9-17-14-8-12(15)6-7-13(14)10(3)16/h6-8,11H,4-5,9H2,1-3H3. The SMILES string of the molecule is CCC(CC)COc1cc(Br)ccc1C(C)=O. The van der Waals surface area contributed by atoms with E-state index in [4.69, 9.17) is 4.74 Å². The molecule has 0 amide bonds. The zero-order chi connectivity index (χ0) is 12.8. The van der Waals surface area contributed by atoms with Crippen molar-refractivity contribution in [3.8, 4) is 5.75 Å². The zero-order valence-electron chi connectivity index (χ0n) is 10.6. The van der Waals surface area contributed by atoms with Crippen LogP contribution in [0.15, 0.2) is 22.7 Å². The Hall–Kier alpha value is -0.830. The summed E-state index contributed by atoms with van der Waals surface area (Å²) in [4.78, 5) is 11.5. The summed E-state index contributed by atoms with van der Waals surface area (Å²) in [6.07, 6.45) is 2.19. The molecule has 0 spiro atoms. The van der Waals surface area contributed by atoms with Crippen molar-refractivity contribution in [3.63, 3.8) is 0 Å². The van der Waals surface area contributed by atoms with E-state index >= 15 is 0 Å². The molecule has 0 N–H and O–H groups in total. The summed E-state index contributed by atoms with van der Waals surface area (Å²) in [6, 6.07) is 5.52. The topological polar surface area (TPSA) is 26.3 Å². The van der Waals surface area contributed by atoms with E-state index in [1.165, 1.54) is 0 Å². The number of carbonyl (C=O) groups is 1. The zero-order valence-corrected chi connectivity index (χ0v) is 12.2. The molecule has 0 unspecified atom stereocenters. The fraction of sp³-hybridized carbons (Fsp3) is 0.500. The summed E-state index contributed by atoms with van der Waals surface area (Å²) in [5.41, 5.74) is 0.652. The molecular weight excluding hydrogens is 280 g/mol. The number of benzene rings is 1. The summed E-state index contributed by atoms with van der Waals surface area (Å²) in [7, 11) is 0. The average Bonchev–Trinajstić information content (AvgIpc) is 2.30. The predicted molar refractivity (Wildman–Crippen MR) is 73.7 cm³/mol. The smallest absolute Gasteiger partial charge is 0.163 e. The third-order valence-corrected chi connectivity index (χ3v) is 3.45. The molecule has 0 bridgehead atoms. The van der Waals surface area contributed by atoms with Gasteiger partial charge in [0.15, 0.2) is 5.78 Å². The lowest BCUT2D eigenvalue weighted by molar-refractivity contribution is 0.101. The number of Topliss-reactive ketones (excluding diaryl/α,β-unsaturated/α-hetero) is 1. The van der Waals surface area contributed by atoms with Crippen LogP contribution in [-0.4, -0.2) is 12.4 Å². The number of ketones is 1. The van der Waals surface area contributed by atoms with E-state index in [0.29, 0.717) is 23.8 Å². The van der Waals surface area contributed by atoms with Crippen LogP contribution in [0.2, 0.25) is 0 Å². The third-order valence-electron chi connectivity index (χ3n) is 2.95. The lowest BCUT2D eigenvalue weighted by Crippen LogP contribution is -2.11. The van der Waals surface area contributed by atoms with Gasteiger partial charge in [-0.1, -0.05) is 42.6 Å². The van der Waals surface area contributed by atoms with Crippen molar-refractivity contribution in [2.24, 2.45) is 5.92 Å². The molecular formula is C14H19BrO2. The quantitative estimate of drug-likeness (QED) is 0.725. The van der Waals surface area contributed by atoms with Crippen LogP contribution in [0.4, 0.5) is 0 Å². The molecule has 0 saturated carbocycles. The Morgan fingerprint density at radius 3 is 2.53 bits per heavy atom. The molecule has 1 aromatic rings. The fourth-order valence-corrected chi connectivity index (χ4v) is 1.98. The van der Waals surface area contributed by atoms with E-state index in [-0.39, 0.29) is 5.78 Å². The summed E-state index contributed by atoms with van der Waals surface area (Å²) in [5, 5.41) is 0. The van der Waals surface area contributed by atoms with E-state index in [9.17, 15) is 4.79 Å². The Morgan fingerprint density at radius 1 is 1.35 bits per heavy atom. The maximum atomic E-state index is 11.5. The summed E-state index contributed by atoms with van der Waals surface area (Å²) in [5.74, 6) is 1.27. The first kappa shape index (κ1) is 14.2. The second-order valence-electron chi connectivity index (χ2n) is 4.19. The van der Waals surface area contributed by atoms with Gasteiger partial charge in [-0.05, 0) is 31.0 Å². The molecule has 94 valence electrons. The number of ether oxygens (including phenoxy) is 1. The molecule has 3 heteroatoms.